The number of rotatable bonds is 5. The number of imidazole rings is 1. The molecule has 0 saturated heterocycles. The summed E-state index contributed by atoms with van der Waals surface area (Å²) in [4.78, 5) is 29.1. The van der Waals surface area contributed by atoms with Gasteiger partial charge >= 0.3 is 0 Å². The third-order valence-corrected chi connectivity index (χ3v) is 3.91. The number of carbonyl (C=O) groups excluding carboxylic acids is 1. The molecule has 0 aliphatic carbocycles. The third-order valence-electron chi connectivity index (χ3n) is 3.91. The maximum Gasteiger partial charge on any atom is 0.158 e. The zero-order valence-corrected chi connectivity index (χ0v) is 13.4. The largest absolute Gasteiger partial charge is 0.330 e. The Morgan fingerprint density at radius 2 is 1.92 bits per heavy atom. The molecule has 0 amide bonds. The number of nitrogens with zero attached hydrogens (tertiary/aromatic N) is 5. The van der Waals surface area contributed by atoms with Crippen LogP contribution in [0.5, 0.6) is 0 Å². The SMILES string of the molecule is O=C(Cc1cc2cc(-c3cccnc3)ncc2cn1)Cn1ccnc1. The predicted molar refractivity (Wildman–Crippen MR) is 93.7 cm³/mol. The van der Waals surface area contributed by atoms with E-state index in [2.05, 4.69) is 19.9 Å². The van der Waals surface area contributed by atoms with Gasteiger partial charge in [0.15, 0.2) is 5.78 Å². The Morgan fingerprint density at radius 1 is 1.00 bits per heavy atom. The Balaban J connectivity index is 1.59. The lowest BCUT2D eigenvalue weighted by Gasteiger charge is -2.05. The highest BCUT2D eigenvalue weighted by Gasteiger charge is 2.08. The Hall–Kier alpha value is -3.41. The van der Waals surface area contributed by atoms with Gasteiger partial charge in [-0.1, -0.05) is 0 Å². The molecule has 0 unspecified atom stereocenters. The zero-order chi connectivity index (χ0) is 17.1. The van der Waals surface area contributed by atoms with Crippen molar-refractivity contribution < 1.29 is 4.79 Å². The number of Topliss-reactive ketones (excluding diaryl/α,β-unsaturated/α-hetero) is 1. The molecule has 4 aromatic rings. The Bertz CT molecular complexity index is 1010. The van der Waals surface area contributed by atoms with Crippen LogP contribution in [0.4, 0.5) is 0 Å². The lowest BCUT2D eigenvalue weighted by Crippen LogP contribution is -2.12. The average molecular weight is 329 g/mol. The summed E-state index contributed by atoms with van der Waals surface area (Å²) in [6, 6.07) is 7.80. The van der Waals surface area contributed by atoms with Crippen LogP contribution < -0.4 is 0 Å². The molecule has 0 radical (unpaired) electrons. The van der Waals surface area contributed by atoms with Crippen LogP contribution in [-0.2, 0) is 17.8 Å². The highest BCUT2D eigenvalue weighted by Crippen LogP contribution is 2.21. The second-order valence-electron chi connectivity index (χ2n) is 5.78. The summed E-state index contributed by atoms with van der Waals surface area (Å²) in [5.41, 5.74) is 2.56. The normalized spacial score (nSPS) is 10.9. The minimum Gasteiger partial charge on any atom is -0.330 e. The monoisotopic (exact) mass is 329 g/mol. The lowest BCUT2D eigenvalue weighted by molar-refractivity contribution is -0.119. The molecule has 4 rings (SSSR count). The van der Waals surface area contributed by atoms with E-state index in [4.69, 9.17) is 0 Å². The van der Waals surface area contributed by atoms with Gasteiger partial charge in [0.25, 0.3) is 0 Å². The van der Waals surface area contributed by atoms with Crippen molar-refractivity contribution in [1.82, 2.24) is 24.5 Å². The van der Waals surface area contributed by atoms with Gasteiger partial charge in [0.1, 0.15) is 0 Å². The smallest absolute Gasteiger partial charge is 0.158 e. The van der Waals surface area contributed by atoms with E-state index in [0.29, 0.717) is 13.0 Å². The molecular weight excluding hydrogens is 314 g/mol. The first-order valence-corrected chi connectivity index (χ1v) is 7.90. The number of pyridine rings is 3. The van der Waals surface area contributed by atoms with Gasteiger partial charge in [-0.05, 0) is 29.7 Å². The maximum atomic E-state index is 12.2. The summed E-state index contributed by atoms with van der Waals surface area (Å²) in [6.45, 7) is 0.303. The molecule has 0 bridgehead atoms. The highest BCUT2D eigenvalue weighted by atomic mass is 16.1. The van der Waals surface area contributed by atoms with Gasteiger partial charge in [0.05, 0.1) is 25.0 Å². The van der Waals surface area contributed by atoms with E-state index in [1.165, 1.54) is 0 Å². The molecule has 0 aromatic carbocycles. The molecule has 4 aromatic heterocycles. The van der Waals surface area contributed by atoms with Crippen LogP contribution in [0.25, 0.3) is 22.0 Å². The van der Waals surface area contributed by atoms with Crippen molar-refractivity contribution >= 4 is 16.6 Å². The summed E-state index contributed by atoms with van der Waals surface area (Å²) in [7, 11) is 0. The van der Waals surface area contributed by atoms with Crippen LogP contribution in [0, 0.1) is 0 Å². The molecule has 0 N–H and O–H groups in total. The van der Waals surface area contributed by atoms with Crippen molar-refractivity contribution in [3.05, 3.63) is 73.5 Å². The van der Waals surface area contributed by atoms with E-state index in [9.17, 15) is 4.79 Å². The van der Waals surface area contributed by atoms with Crippen LogP contribution in [0.2, 0.25) is 0 Å². The lowest BCUT2D eigenvalue weighted by atomic mass is 10.1. The van der Waals surface area contributed by atoms with Crippen molar-refractivity contribution in [2.75, 3.05) is 0 Å². The van der Waals surface area contributed by atoms with E-state index in [1.807, 2.05) is 24.3 Å². The van der Waals surface area contributed by atoms with Crippen molar-refractivity contribution in [3.63, 3.8) is 0 Å². The summed E-state index contributed by atoms with van der Waals surface area (Å²) < 4.78 is 1.76. The second-order valence-corrected chi connectivity index (χ2v) is 5.78. The van der Waals surface area contributed by atoms with Crippen molar-refractivity contribution in [3.8, 4) is 11.3 Å². The van der Waals surface area contributed by atoms with E-state index in [1.54, 1.807) is 48.1 Å². The van der Waals surface area contributed by atoms with Crippen LogP contribution >= 0.6 is 0 Å². The van der Waals surface area contributed by atoms with Gasteiger partial charge in [-0.2, -0.15) is 0 Å². The molecule has 0 atom stereocenters. The third kappa shape index (κ3) is 3.42. The Kier molecular flexibility index (Phi) is 4.00. The number of carbonyl (C=O) groups is 1. The second kappa shape index (κ2) is 6.60. The van der Waals surface area contributed by atoms with Gasteiger partial charge in [0.2, 0.25) is 0 Å². The molecule has 25 heavy (non-hydrogen) atoms. The highest BCUT2D eigenvalue weighted by molar-refractivity contribution is 5.86. The van der Waals surface area contributed by atoms with E-state index >= 15 is 0 Å². The van der Waals surface area contributed by atoms with Crippen LogP contribution in [0.15, 0.2) is 67.8 Å². The van der Waals surface area contributed by atoms with Gasteiger partial charge in [-0.3, -0.25) is 19.7 Å². The van der Waals surface area contributed by atoms with Crippen molar-refractivity contribution in [1.29, 1.82) is 0 Å². The van der Waals surface area contributed by atoms with Gasteiger partial charge < -0.3 is 4.57 Å². The first-order valence-electron chi connectivity index (χ1n) is 7.90. The summed E-state index contributed by atoms with van der Waals surface area (Å²) in [5, 5.41) is 1.95. The zero-order valence-electron chi connectivity index (χ0n) is 13.4. The average Bonchev–Trinajstić information content (AvgIpc) is 3.14. The van der Waals surface area contributed by atoms with E-state index in [0.717, 1.165) is 27.7 Å². The maximum absolute atomic E-state index is 12.2. The van der Waals surface area contributed by atoms with Crippen LogP contribution in [-0.4, -0.2) is 30.3 Å². The fourth-order valence-electron chi connectivity index (χ4n) is 2.69. The number of hydrogen-bond acceptors (Lipinski definition) is 5. The van der Waals surface area contributed by atoms with Crippen LogP contribution in [0.1, 0.15) is 5.69 Å². The Morgan fingerprint density at radius 3 is 2.72 bits per heavy atom. The van der Waals surface area contributed by atoms with Crippen molar-refractivity contribution in [2.45, 2.75) is 13.0 Å². The molecule has 0 spiro atoms. The summed E-state index contributed by atoms with van der Waals surface area (Å²) >= 11 is 0. The molecule has 0 saturated carbocycles. The predicted octanol–water partition coefficient (Wildman–Crippen LogP) is 2.70. The number of fused-ring (bicyclic) bond motifs is 1. The van der Waals surface area contributed by atoms with E-state index in [-0.39, 0.29) is 5.78 Å². The minimum absolute atomic E-state index is 0.0892. The van der Waals surface area contributed by atoms with Gasteiger partial charge in [-0.15, -0.1) is 0 Å². The quantitative estimate of drug-likeness (QED) is 0.563. The number of aromatic nitrogens is 5. The molecular formula is C19H15N5O. The van der Waals surface area contributed by atoms with Crippen LogP contribution in [0.3, 0.4) is 0 Å². The number of hydrogen-bond donors (Lipinski definition) is 0. The van der Waals surface area contributed by atoms with Gasteiger partial charge in [0, 0.05) is 53.8 Å². The fourth-order valence-corrected chi connectivity index (χ4v) is 2.69. The standard InChI is InChI=1S/C19H15N5O/c25-18(12-24-5-4-21-13-24)8-17-6-15-7-19(14-2-1-3-20-9-14)23-11-16(15)10-22-17/h1-7,9-11,13H,8,12H2. The minimum atomic E-state index is 0.0892. The molecule has 4 heterocycles. The molecule has 122 valence electrons. The first-order chi connectivity index (χ1) is 12.3. The summed E-state index contributed by atoms with van der Waals surface area (Å²) in [5.74, 6) is 0.0892. The molecule has 0 aliphatic rings. The number of ketones is 1. The Labute approximate surface area is 144 Å². The molecule has 6 nitrogen and oxygen atoms in total. The first kappa shape index (κ1) is 15.1. The molecule has 6 heteroatoms. The fraction of sp³-hybridized carbons (Fsp3) is 0.105. The summed E-state index contributed by atoms with van der Waals surface area (Å²) in [6.07, 6.45) is 12.4. The topological polar surface area (TPSA) is 73.6 Å². The van der Waals surface area contributed by atoms with Gasteiger partial charge in [-0.25, -0.2) is 4.98 Å². The van der Waals surface area contributed by atoms with Crippen molar-refractivity contribution in [2.24, 2.45) is 0 Å². The molecule has 0 aliphatic heterocycles. The van der Waals surface area contributed by atoms with E-state index < -0.39 is 0 Å². The molecule has 0 fully saturated rings.